The van der Waals surface area contributed by atoms with Crippen molar-refractivity contribution in [2.24, 2.45) is 47.2 Å². The number of anilines is 1. The van der Waals surface area contributed by atoms with Gasteiger partial charge in [-0.1, -0.05) is 200 Å². The topological polar surface area (TPSA) is 256 Å². The number of hydrogen-bond acceptors (Lipinski definition) is 12. The summed E-state index contributed by atoms with van der Waals surface area (Å²) >= 11 is 7.30. The van der Waals surface area contributed by atoms with Gasteiger partial charge in [-0.25, -0.2) is 19.4 Å². The number of nitrogens with two attached hydrogens (primary N) is 1. The quantitative estimate of drug-likeness (QED) is 0.0279. The van der Waals surface area contributed by atoms with Crippen LogP contribution >= 0.6 is 22.9 Å². The van der Waals surface area contributed by atoms with Gasteiger partial charge in [0, 0.05) is 48.7 Å². The number of halogens is 1. The van der Waals surface area contributed by atoms with E-state index in [9.17, 15) is 33.6 Å². The summed E-state index contributed by atoms with van der Waals surface area (Å²) in [5.74, 6) is 2.98. The number of thiophene rings is 1. The number of primary amides is 1. The summed E-state index contributed by atoms with van der Waals surface area (Å²) in [7, 11) is 0. The summed E-state index contributed by atoms with van der Waals surface area (Å²) in [5, 5.41) is 17.2. The molecule has 4 saturated heterocycles. The molecular formula is C82H111ClN10O8S. The molecule has 550 valence electrons. The number of carbonyl (C=O) groups excluding carboxylic acids is 7. The van der Waals surface area contributed by atoms with E-state index in [1.54, 1.807) is 24.5 Å². The van der Waals surface area contributed by atoms with Crippen molar-refractivity contribution in [3.8, 4) is 0 Å². The lowest BCUT2D eigenvalue weighted by Crippen LogP contribution is -2.40. The Morgan fingerprint density at radius 2 is 1.04 bits per heavy atom. The van der Waals surface area contributed by atoms with Crippen molar-refractivity contribution in [1.29, 1.82) is 0 Å². The molecule has 3 aromatic heterocycles. The number of pyridine rings is 2. The van der Waals surface area contributed by atoms with E-state index in [4.69, 9.17) is 22.1 Å². The lowest BCUT2D eigenvalue weighted by atomic mass is 9.89. The van der Waals surface area contributed by atoms with E-state index >= 15 is 0 Å². The second-order valence-electron chi connectivity index (χ2n) is 29.2. The van der Waals surface area contributed by atoms with Gasteiger partial charge in [-0.05, 0) is 185 Å². The normalized spacial score (nSPS) is 17.0. The van der Waals surface area contributed by atoms with E-state index in [0.717, 1.165) is 91.8 Å². The Hall–Kier alpha value is -8.78. The van der Waals surface area contributed by atoms with Crippen molar-refractivity contribution in [1.82, 2.24) is 41.9 Å². The molecule has 0 radical (unpaired) electrons. The van der Waals surface area contributed by atoms with Crippen molar-refractivity contribution < 1.29 is 38.3 Å². The summed E-state index contributed by atoms with van der Waals surface area (Å²) in [6.07, 6.45) is 12.3. The average molecular weight is 1430 g/mol. The minimum Gasteiger partial charge on any atom is -0.378 e. The molecule has 18 nitrogen and oxygen atoms in total. The second-order valence-corrected chi connectivity index (χ2v) is 30.6. The third kappa shape index (κ3) is 30.0. The zero-order valence-corrected chi connectivity index (χ0v) is 64.1. The molecule has 7 heterocycles. The molecule has 7 aromatic rings. The van der Waals surface area contributed by atoms with Gasteiger partial charge in [-0.2, -0.15) is 0 Å². The van der Waals surface area contributed by atoms with Crippen molar-refractivity contribution in [2.75, 3.05) is 31.2 Å². The van der Waals surface area contributed by atoms with E-state index < -0.39 is 35.7 Å². The number of nitrogens with zero attached hydrogens (tertiary/aromatic N) is 3. The number of morpholine rings is 1. The predicted octanol–water partition coefficient (Wildman–Crippen LogP) is 15.2. The van der Waals surface area contributed by atoms with Gasteiger partial charge < -0.3 is 31.3 Å². The Kier molecular flexibility index (Phi) is 35.0. The van der Waals surface area contributed by atoms with Gasteiger partial charge in [0.15, 0.2) is 0 Å². The summed E-state index contributed by atoms with van der Waals surface area (Å²) in [6, 6.07) is 42.5. The molecular weight excluding hydrogens is 1320 g/mol. The van der Waals surface area contributed by atoms with Gasteiger partial charge in [0.25, 0.3) is 17.7 Å². The van der Waals surface area contributed by atoms with E-state index in [1.807, 2.05) is 117 Å². The number of hydrogen-bond donors (Lipinski definition) is 7. The maximum absolute atomic E-state index is 11.8. The molecule has 20 heteroatoms. The molecule has 8 N–H and O–H groups in total. The van der Waals surface area contributed by atoms with Crippen LogP contribution in [0.5, 0.6) is 0 Å². The molecule has 4 atom stereocenters. The third-order valence-electron chi connectivity index (χ3n) is 16.4. The summed E-state index contributed by atoms with van der Waals surface area (Å²) in [6.45, 7) is 35.8. The maximum Gasteiger partial charge on any atom is 0.322 e. The first-order valence-electron chi connectivity index (χ1n) is 35.7. The molecule has 102 heavy (non-hydrogen) atoms. The SMILES string of the molecule is CC(C)Cc1ccc(N2CCOCC2)cc1.CC(C)Cc1cccc(C2(C)NC(=O)NC2=O)c1.CC(C)Cc1cccc(C2NC(=O)NC2=O)c1.CC(C)Cc1cccc(CC2NC(=O)NC2=O)c1.CC(C)Cc1ccnc(Cl)c1.CC(C)Cc1ccncc1.CC(C)[C@@H](C(N)=O)c1cccs1. The summed E-state index contributed by atoms with van der Waals surface area (Å²) < 4.78 is 5.36. The number of aromatic nitrogens is 2. The highest BCUT2D eigenvalue weighted by molar-refractivity contribution is 7.10. The van der Waals surface area contributed by atoms with Crippen LogP contribution in [0.25, 0.3) is 0 Å². The van der Waals surface area contributed by atoms with Crippen molar-refractivity contribution in [3.63, 3.8) is 0 Å². The van der Waals surface area contributed by atoms with Crippen LogP contribution in [0.1, 0.15) is 171 Å². The first-order valence-corrected chi connectivity index (χ1v) is 37.0. The van der Waals surface area contributed by atoms with Crippen LogP contribution in [0.4, 0.5) is 20.1 Å². The van der Waals surface area contributed by atoms with E-state index in [2.05, 4.69) is 178 Å². The lowest BCUT2D eigenvalue weighted by Gasteiger charge is -2.29. The first-order chi connectivity index (χ1) is 48.4. The molecule has 4 aliphatic heterocycles. The fourth-order valence-corrected chi connectivity index (χ4v) is 13.1. The van der Waals surface area contributed by atoms with Gasteiger partial charge in [-0.3, -0.25) is 40.1 Å². The molecule has 4 fully saturated rings. The maximum atomic E-state index is 11.8. The highest BCUT2D eigenvalue weighted by Crippen LogP contribution is 2.29. The number of imide groups is 3. The smallest absolute Gasteiger partial charge is 0.322 e. The number of amides is 10. The Morgan fingerprint density at radius 1 is 0.549 bits per heavy atom. The van der Waals surface area contributed by atoms with E-state index in [0.29, 0.717) is 35.2 Å². The molecule has 11 rings (SSSR count). The van der Waals surface area contributed by atoms with Crippen molar-refractivity contribution >= 4 is 70.3 Å². The molecule has 0 saturated carbocycles. The van der Waals surface area contributed by atoms with E-state index in [1.165, 1.54) is 45.5 Å². The van der Waals surface area contributed by atoms with Crippen molar-refractivity contribution in [2.45, 2.75) is 172 Å². The van der Waals surface area contributed by atoms with Crippen LogP contribution in [-0.4, -0.2) is 84.0 Å². The number of urea groups is 3. The molecule has 4 aromatic carbocycles. The minimum atomic E-state index is -0.954. The van der Waals surface area contributed by atoms with Crippen LogP contribution in [0, 0.1) is 41.4 Å². The molecule has 0 spiro atoms. The highest BCUT2D eigenvalue weighted by Gasteiger charge is 2.43. The van der Waals surface area contributed by atoms with Gasteiger partial charge in [0.2, 0.25) is 5.91 Å². The van der Waals surface area contributed by atoms with Crippen molar-refractivity contribution in [3.05, 3.63) is 218 Å². The van der Waals surface area contributed by atoms with Crippen LogP contribution in [0.2, 0.25) is 5.15 Å². The summed E-state index contributed by atoms with van der Waals surface area (Å²) in [4.78, 5) is 90.6. The van der Waals surface area contributed by atoms with Crippen LogP contribution < -0.4 is 42.5 Å². The van der Waals surface area contributed by atoms with Gasteiger partial charge >= 0.3 is 18.1 Å². The van der Waals surface area contributed by atoms with Crippen LogP contribution in [-0.2, 0) is 74.4 Å². The van der Waals surface area contributed by atoms with Crippen LogP contribution in [0.3, 0.4) is 0 Å². The first kappa shape index (κ1) is 83.9. The zero-order chi connectivity index (χ0) is 75.1. The lowest BCUT2D eigenvalue weighted by molar-refractivity contribution is -0.124. The van der Waals surface area contributed by atoms with E-state index in [-0.39, 0.29) is 35.5 Å². The molecule has 0 bridgehead atoms. The largest absolute Gasteiger partial charge is 0.378 e. The molecule has 4 aliphatic rings. The number of nitrogens with one attached hydrogen (secondary N) is 6. The predicted molar refractivity (Wildman–Crippen MR) is 412 cm³/mol. The molecule has 10 amide bonds. The molecule has 3 unspecified atom stereocenters. The number of carbonyl (C=O) groups is 7. The molecule has 0 aliphatic carbocycles. The zero-order valence-electron chi connectivity index (χ0n) is 62.5. The van der Waals surface area contributed by atoms with Gasteiger partial charge in [0.1, 0.15) is 22.8 Å². The second kappa shape index (κ2) is 42.6. The highest BCUT2D eigenvalue weighted by atomic mass is 35.5. The number of ether oxygens (including phenoxy) is 1. The Balaban J connectivity index is 0.000000216. The summed E-state index contributed by atoms with van der Waals surface area (Å²) in [5.41, 5.74) is 16.1. The standard InChI is InChI=1S/2C14H18N2O2.C14H21NO.C13H16N2O2.C9H12ClN.C9H13NOS.C9H13N/c1-9(2)7-10-5-4-6-11(8-10)14(3)12(17)15-13(18)16-14;1-9(2)6-10-4-3-5-11(7-10)8-12-13(17)16-14(18)15-12;1-12(2)11-13-3-5-14(6-4-13)15-7-9-16-10-8-15;1-8(2)6-9-4-3-5-10(7-9)11-12(16)15-13(17)14-11;1-7(2)5-8-3-4-11-9(10)6-8;1-6(2)8(9(10)11)7-4-3-5-12-7;1-8(2)7-9-3-5-10-6-4-9/h4-6,8-9H,7H2,1-3H3,(H2,15,16,17,18);3-5,7,9,12H,6,8H2,1-2H3,(H2,15,16,17,18);3-6,12H,7-11H2,1-2H3;3-5,7-8,11H,6H2,1-2H3,(H2,14,15,16,17);3-4,6-7H,5H2,1-2H3;3-6,8H,1-2H3,(H2,10,11);3-6,8H,7H2,1-2H3/t;;;;;8-;/m.....1./s1. The Bertz CT molecular complexity index is 3750. The third-order valence-corrected chi connectivity index (χ3v) is 17.6. The monoisotopic (exact) mass is 1430 g/mol. The minimum absolute atomic E-state index is 0.120. The fourth-order valence-electron chi connectivity index (χ4n) is 11.9. The van der Waals surface area contributed by atoms with Gasteiger partial charge in [-0.15, -0.1) is 11.3 Å². The number of benzene rings is 4. The Labute approximate surface area is 615 Å². The Morgan fingerprint density at radius 3 is 1.52 bits per heavy atom. The fraction of sp³-hybridized carbons (Fsp3) is 0.451. The number of rotatable bonds is 20. The van der Waals surface area contributed by atoms with Gasteiger partial charge in [0.05, 0.1) is 19.1 Å². The van der Waals surface area contributed by atoms with Crippen LogP contribution in [0.15, 0.2) is 157 Å². The average Bonchev–Trinajstić information content (AvgIpc) is 1.62.